The zero-order valence-corrected chi connectivity index (χ0v) is 9.39. The van der Waals surface area contributed by atoms with E-state index in [4.69, 9.17) is 0 Å². The van der Waals surface area contributed by atoms with Gasteiger partial charge < -0.3 is 0 Å². The molecule has 0 radical (unpaired) electrons. The smallest absolute Gasteiger partial charge is 0.0764 e. The molecule has 2 aliphatic rings. The molecule has 0 N–H and O–H groups in total. The molecule has 2 atom stereocenters. The van der Waals surface area contributed by atoms with Crippen LogP contribution in [0.2, 0.25) is 0 Å². The number of hydrogen-bond acceptors (Lipinski definition) is 2. The largest absolute Gasteiger partial charge is 0.292 e. The predicted molar refractivity (Wildman–Crippen MR) is 59.4 cm³/mol. The molecular formula is C12H19N3. The quantitative estimate of drug-likeness (QED) is 0.735. The molecule has 0 aliphatic carbocycles. The van der Waals surface area contributed by atoms with E-state index >= 15 is 0 Å². The minimum Gasteiger partial charge on any atom is -0.292 e. The van der Waals surface area contributed by atoms with Crippen LogP contribution in [0.5, 0.6) is 0 Å². The summed E-state index contributed by atoms with van der Waals surface area (Å²) < 4.78 is 1.90. The fourth-order valence-electron chi connectivity index (χ4n) is 3.22. The van der Waals surface area contributed by atoms with Gasteiger partial charge in [0.05, 0.1) is 5.69 Å². The average molecular weight is 205 g/mol. The van der Waals surface area contributed by atoms with Crippen molar-refractivity contribution >= 4 is 0 Å². The van der Waals surface area contributed by atoms with Gasteiger partial charge in [-0.2, -0.15) is 5.10 Å². The zero-order valence-electron chi connectivity index (χ0n) is 9.39. The number of aromatic nitrogens is 2. The summed E-state index contributed by atoms with van der Waals surface area (Å²) in [6.45, 7) is 1.07. The first-order chi connectivity index (χ1) is 7.33. The van der Waals surface area contributed by atoms with E-state index in [1.54, 1.807) is 0 Å². The summed E-state index contributed by atoms with van der Waals surface area (Å²) >= 11 is 0. The molecule has 1 aromatic heterocycles. The van der Waals surface area contributed by atoms with E-state index < -0.39 is 0 Å². The Bertz CT molecular complexity index is 328. The van der Waals surface area contributed by atoms with Crippen LogP contribution in [-0.4, -0.2) is 26.8 Å². The van der Waals surface area contributed by atoms with Gasteiger partial charge in [-0.1, -0.05) is 6.42 Å². The highest BCUT2D eigenvalue weighted by atomic mass is 15.3. The lowest BCUT2D eigenvalue weighted by molar-refractivity contribution is 0.130. The molecular weight excluding hydrogens is 186 g/mol. The lowest BCUT2D eigenvalue weighted by atomic mass is 10.0. The van der Waals surface area contributed by atoms with Gasteiger partial charge in [-0.15, -0.1) is 0 Å². The fraction of sp³-hybridized carbons (Fsp3) is 0.750. The third kappa shape index (κ3) is 1.69. The molecule has 2 unspecified atom stereocenters. The van der Waals surface area contributed by atoms with E-state index in [0.29, 0.717) is 0 Å². The van der Waals surface area contributed by atoms with Crippen molar-refractivity contribution in [2.24, 2.45) is 7.05 Å². The summed E-state index contributed by atoms with van der Waals surface area (Å²) in [5.74, 6) is 0. The minimum atomic E-state index is 0.853. The molecule has 3 heteroatoms. The summed E-state index contributed by atoms with van der Waals surface area (Å²) in [6, 6.07) is 3.85. The normalized spacial score (nSPS) is 31.0. The van der Waals surface area contributed by atoms with Crippen LogP contribution < -0.4 is 0 Å². The molecule has 1 aromatic rings. The summed E-state index contributed by atoms with van der Waals surface area (Å²) in [7, 11) is 1.99. The minimum absolute atomic E-state index is 0.853. The van der Waals surface area contributed by atoms with E-state index in [2.05, 4.69) is 16.1 Å². The van der Waals surface area contributed by atoms with Gasteiger partial charge in [-0.25, -0.2) is 0 Å². The first kappa shape index (κ1) is 9.40. The number of rotatable bonds is 2. The number of piperidine rings is 1. The Morgan fingerprint density at radius 3 is 2.60 bits per heavy atom. The maximum atomic E-state index is 4.48. The molecule has 0 amide bonds. The zero-order chi connectivity index (χ0) is 10.3. The Labute approximate surface area is 91.1 Å². The van der Waals surface area contributed by atoms with Crippen molar-refractivity contribution in [2.45, 2.75) is 50.7 Å². The van der Waals surface area contributed by atoms with Crippen LogP contribution in [0.25, 0.3) is 0 Å². The molecule has 2 fully saturated rings. The van der Waals surface area contributed by atoms with Crippen LogP contribution >= 0.6 is 0 Å². The van der Waals surface area contributed by atoms with Crippen molar-refractivity contribution < 1.29 is 0 Å². The van der Waals surface area contributed by atoms with Gasteiger partial charge in [0.1, 0.15) is 0 Å². The summed E-state index contributed by atoms with van der Waals surface area (Å²) in [5, 5.41) is 4.48. The lowest BCUT2D eigenvalue weighted by Crippen LogP contribution is -2.39. The van der Waals surface area contributed by atoms with Crippen molar-refractivity contribution in [3.05, 3.63) is 18.0 Å². The molecule has 2 aliphatic heterocycles. The Hall–Kier alpha value is -0.830. The highest BCUT2D eigenvalue weighted by Crippen LogP contribution is 2.36. The fourth-order valence-corrected chi connectivity index (χ4v) is 3.22. The van der Waals surface area contributed by atoms with Gasteiger partial charge in [-0.3, -0.25) is 9.58 Å². The molecule has 3 nitrogen and oxygen atoms in total. The van der Waals surface area contributed by atoms with Crippen molar-refractivity contribution in [1.82, 2.24) is 14.7 Å². The van der Waals surface area contributed by atoms with Crippen LogP contribution in [0.3, 0.4) is 0 Å². The first-order valence-electron chi connectivity index (χ1n) is 6.07. The number of aryl methyl sites for hydroxylation is 1. The van der Waals surface area contributed by atoms with Crippen LogP contribution in [0.1, 0.15) is 37.8 Å². The second-order valence-corrected chi connectivity index (χ2v) is 4.97. The second kappa shape index (κ2) is 3.63. The third-order valence-electron chi connectivity index (χ3n) is 3.96. The Balaban J connectivity index is 1.73. The van der Waals surface area contributed by atoms with Crippen molar-refractivity contribution in [3.8, 4) is 0 Å². The number of fused-ring (bicyclic) bond motifs is 2. The SMILES string of the molecule is Cn1ccc(CN2C3CCCC2CC3)n1. The topological polar surface area (TPSA) is 21.1 Å². The Morgan fingerprint density at radius 1 is 1.27 bits per heavy atom. The van der Waals surface area contributed by atoms with Crippen LogP contribution in [0.15, 0.2) is 12.3 Å². The van der Waals surface area contributed by atoms with Gasteiger partial charge in [0.2, 0.25) is 0 Å². The molecule has 2 saturated heterocycles. The van der Waals surface area contributed by atoms with E-state index in [0.717, 1.165) is 18.6 Å². The van der Waals surface area contributed by atoms with Crippen molar-refractivity contribution in [2.75, 3.05) is 0 Å². The van der Waals surface area contributed by atoms with Gasteiger partial charge in [0, 0.05) is 31.9 Å². The first-order valence-corrected chi connectivity index (χ1v) is 6.07. The maximum Gasteiger partial charge on any atom is 0.0764 e. The highest BCUT2D eigenvalue weighted by molar-refractivity contribution is 5.02. The summed E-state index contributed by atoms with van der Waals surface area (Å²) in [4.78, 5) is 2.69. The molecule has 15 heavy (non-hydrogen) atoms. The molecule has 82 valence electrons. The number of nitrogens with zero attached hydrogens (tertiary/aromatic N) is 3. The summed E-state index contributed by atoms with van der Waals surface area (Å²) in [6.07, 6.45) is 9.12. The molecule has 3 rings (SSSR count). The van der Waals surface area contributed by atoms with E-state index in [1.165, 1.54) is 37.8 Å². The van der Waals surface area contributed by atoms with Gasteiger partial charge in [-0.05, 0) is 31.7 Å². The number of hydrogen-bond donors (Lipinski definition) is 0. The molecule has 0 aromatic carbocycles. The molecule has 2 bridgehead atoms. The van der Waals surface area contributed by atoms with Crippen LogP contribution in [0, 0.1) is 0 Å². The Kier molecular flexibility index (Phi) is 2.28. The van der Waals surface area contributed by atoms with E-state index in [1.807, 2.05) is 17.9 Å². The average Bonchev–Trinajstić information content (AvgIpc) is 2.71. The second-order valence-electron chi connectivity index (χ2n) is 4.97. The van der Waals surface area contributed by atoms with Gasteiger partial charge in [0.15, 0.2) is 0 Å². The third-order valence-corrected chi connectivity index (χ3v) is 3.96. The van der Waals surface area contributed by atoms with Gasteiger partial charge >= 0.3 is 0 Å². The van der Waals surface area contributed by atoms with E-state index in [9.17, 15) is 0 Å². The predicted octanol–water partition coefficient (Wildman–Crippen LogP) is 1.94. The molecule has 0 saturated carbocycles. The van der Waals surface area contributed by atoms with Gasteiger partial charge in [0.25, 0.3) is 0 Å². The van der Waals surface area contributed by atoms with Crippen molar-refractivity contribution in [3.63, 3.8) is 0 Å². The monoisotopic (exact) mass is 205 g/mol. The van der Waals surface area contributed by atoms with Crippen LogP contribution in [0.4, 0.5) is 0 Å². The molecule has 3 heterocycles. The van der Waals surface area contributed by atoms with E-state index in [-0.39, 0.29) is 0 Å². The highest BCUT2D eigenvalue weighted by Gasteiger charge is 2.36. The lowest BCUT2D eigenvalue weighted by Gasteiger charge is -2.34. The summed E-state index contributed by atoms with van der Waals surface area (Å²) in [5.41, 5.74) is 1.23. The standard InChI is InChI=1S/C12H19N3/c1-14-8-7-10(13-14)9-15-11-3-2-4-12(15)6-5-11/h7-8,11-12H,2-6,9H2,1H3. The van der Waals surface area contributed by atoms with Crippen molar-refractivity contribution in [1.29, 1.82) is 0 Å². The molecule has 0 spiro atoms. The maximum absolute atomic E-state index is 4.48. The Morgan fingerprint density at radius 2 is 2.00 bits per heavy atom. The van der Waals surface area contributed by atoms with Crippen LogP contribution in [-0.2, 0) is 13.6 Å².